The first-order valence-electron chi connectivity index (χ1n) is 12.1. The highest BCUT2D eigenvalue weighted by Gasteiger charge is 2.39. The highest BCUT2D eigenvalue weighted by atomic mass is 19.1. The Labute approximate surface area is 213 Å². The molecular formula is C28H37FN4O3. The normalized spacial score (nSPS) is 13.3. The fourth-order valence-electron chi connectivity index (χ4n) is 4.38. The molecule has 0 spiro atoms. The third kappa shape index (κ3) is 6.50. The smallest absolute Gasteiger partial charge is 0.249 e. The molecule has 0 saturated heterocycles. The van der Waals surface area contributed by atoms with Crippen LogP contribution in [0, 0.1) is 5.41 Å². The van der Waals surface area contributed by atoms with E-state index in [0.717, 1.165) is 11.1 Å². The minimum absolute atomic E-state index is 0.150. The number of para-hydroxylation sites is 1. The lowest BCUT2D eigenvalue weighted by Gasteiger charge is -2.40. The second-order valence-corrected chi connectivity index (χ2v) is 9.88. The summed E-state index contributed by atoms with van der Waals surface area (Å²) in [6.45, 7) is 6.09. The number of aromatic nitrogens is 2. The van der Waals surface area contributed by atoms with Crippen LogP contribution < -0.4 is 10.5 Å². The molecule has 3 rings (SSSR count). The zero-order valence-electron chi connectivity index (χ0n) is 21.8. The summed E-state index contributed by atoms with van der Waals surface area (Å²) in [6, 6.07) is 17.1. The summed E-state index contributed by atoms with van der Waals surface area (Å²) >= 11 is 0. The van der Waals surface area contributed by atoms with Crippen LogP contribution in [0.5, 0.6) is 5.75 Å². The number of hydrogen-bond donors (Lipinski definition) is 1. The van der Waals surface area contributed by atoms with Crippen molar-refractivity contribution >= 4 is 5.91 Å². The van der Waals surface area contributed by atoms with Crippen molar-refractivity contribution in [1.29, 1.82) is 0 Å². The molecule has 1 unspecified atom stereocenters. The van der Waals surface area contributed by atoms with Crippen molar-refractivity contribution in [2.45, 2.75) is 39.5 Å². The maximum absolute atomic E-state index is 14.7. The van der Waals surface area contributed by atoms with E-state index in [1.807, 2.05) is 86.1 Å². The first kappa shape index (κ1) is 27.4. The molecule has 36 heavy (non-hydrogen) atoms. The molecule has 0 saturated carbocycles. The summed E-state index contributed by atoms with van der Waals surface area (Å²) in [7, 11) is 3.08. The summed E-state index contributed by atoms with van der Waals surface area (Å²) in [5, 5.41) is 0. The van der Waals surface area contributed by atoms with Crippen LogP contribution in [0.2, 0.25) is 0 Å². The molecule has 0 aliphatic carbocycles. The number of carbonyl (C=O) groups is 1. The van der Waals surface area contributed by atoms with Crippen LogP contribution >= 0.6 is 0 Å². The van der Waals surface area contributed by atoms with Gasteiger partial charge in [-0.2, -0.15) is 0 Å². The van der Waals surface area contributed by atoms with Gasteiger partial charge in [0.1, 0.15) is 24.4 Å². The van der Waals surface area contributed by atoms with Gasteiger partial charge >= 0.3 is 0 Å². The van der Waals surface area contributed by atoms with E-state index >= 15 is 0 Å². The molecule has 194 valence electrons. The number of hydrogen-bond acceptors (Lipinski definition) is 5. The Kier molecular flexibility index (Phi) is 9.23. The lowest BCUT2D eigenvalue weighted by molar-refractivity contribution is -0.141. The van der Waals surface area contributed by atoms with E-state index in [2.05, 4.69) is 0 Å². The van der Waals surface area contributed by atoms with Crippen molar-refractivity contribution in [2.24, 2.45) is 11.1 Å². The van der Waals surface area contributed by atoms with E-state index in [0.29, 0.717) is 23.8 Å². The highest BCUT2D eigenvalue weighted by molar-refractivity contribution is 5.78. The number of methoxy groups -OCH3 is 2. The fraction of sp³-hybridized carbons (Fsp3) is 0.429. The van der Waals surface area contributed by atoms with E-state index in [1.165, 1.54) is 12.0 Å². The molecule has 0 bridgehead atoms. The Hall–Kier alpha value is -3.23. The van der Waals surface area contributed by atoms with Gasteiger partial charge in [0.15, 0.2) is 0 Å². The van der Waals surface area contributed by atoms with Gasteiger partial charge in [-0.15, -0.1) is 0 Å². The van der Waals surface area contributed by atoms with E-state index in [4.69, 9.17) is 20.2 Å². The first-order valence-corrected chi connectivity index (χ1v) is 12.1. The van der Waals surface area contributed by atoms with Gasteiger partial charge in [0.2, 0.25) is 5.91 Å². The number of alkyl halides is 1. The lowest BCUT2D eigenvalue weighted by Crippen LogP contribution is -2.47. The molecule has 8 heteroatoms. The van der Waals surface area contributed by atoms with Crippen LogP contribution in [-0.2, 0) is 16.1 Å². The number of imidazole rings is 1. The van der Waals surface area contributed by atoms with E-state index in [-0.39, 0.29) is 25.6 Å². The number of rotatable bonds is 11. The van der Waals surface area contributed by atoms with E-state index in [9.17, 15) is 9.18 Å². The minimum atomic E-state index is -1.37. The fourth-order valence-corrected chi connectivity index (χ4v) is 4.38. The van der Waals surface area contributed by atoms with Crippen LogP contribution in [0.15, 0.2) is 60.8 Å². The Morgan fingerprint density at radius 1 is 1.11 bits per heavy atom. The maximum Gasteiger partial charge on any atom is 0.249 e. The van der Waals surface area contributed by atoms with E-state index < -0.39 is 17.6 Å². The lowest BCUT2D eigenvalue weighted by atomic mass is 9.84. The number of carbonyl (C=O) groups excluding carboxylic acids is 1. The summed E-state index contributed by atoms with van der Waals surface area (Å²) in [6.07, 6.45) is 0.593. The zero-order valence-corrected chi connectivity index (χ0v) is 21.8. The SMILES string of the molecule is COCC(=O)N(CC(F)CN)[C@@H](c1nc(-c2ccccc2OC)cn1Cc1ccccc1)C(C)(C)C. The molecule has 0 radical (unpaired) electrons. The first-order chi connectivity index (χ1) is 17.2. The third-order valence-corrected chi connectivity index (χ3v) is 6.00. The van der Waals surface area contributed by atoms with Crippen molar-refractivity contribution in [3.8, 4) is 17.0 Å². The predicted molar refractivity (Wildman–Crippen MR) is 139 cm³/mol. The maximum atomic E-state index is 14.7. The molecule has 7 nitrogen and oxygen atoms in total. The largest absolute Gasteiger partial charge is 0.496 e. The van der Waals surface area contributed by atoms with Crippen LogP contribution in [0.1, 0.15) is 38.2 Å². The van der Waals surface area contributed by atoms with Gasteiger partial charge in [-0.3, -0.25) is 4.79 Å². The topological polar surface area (TPSA) is 82.6 Å². The minimum Gasteiger partial charge on any atom is -0.496 e. The number of nitrogens with two attached hydrogens (primary N) is 1. The monoisotopic (exact) mass is 496 g/mol. The zero-order chi connectivity index (χ0) is 26.3. The van der Waals surface area contributed by atoms with Gasteiger partial charge in [0, 0.05) is 32.0 Å². The van der Waals surface area contributed by atoms with E-state index in [1.54, 1.807) is 7.11 Å². The Balaban J connectivity index is 2.21. The molecule has 2 atom stereocenters. The predicted octanol–water partition coefficient (Wildman–Crippen LogP) is 4.47. The van der Waals surface area contributed by atoms with Gasteiger partial charge in [-0.05, 0) is 23.1 Å². The molecule has 3 aromatic rings. The van der Waals surface area contributed by atoms with Crippen LogP contribution in [-0.4, -0.2) is 60.4 Å². The molecule has 0 fully saturated rings. The summed E-state index contributed by atoms with van der Waals surface area (Å²) < 4.78 is 27.4. The van der Waals surface area contributed by atoms with Crippen LogP contribution in [0.4, 0.5) is 4.39 Å². The van der Waals surface area contributed by atoms with Crippen molar-refractivity contribution in [3.05, 3.63) is 72.2 Å². The summed E-state index contributed by atoms with van der Waals surface area (Å²) in [5.74, 6) is 1.03. The van der Waals surface area contributed by atoms with Gasteiger partial charge in [-0.25, -0.2) is 9.37 Å². The Morgan fingerprint density at radius 2 is 1.78 bits per heavy atom. The third-order valence-electron chi connectivity index (χ3n) is 6.00. The van der Waals surface area contributed by atoms with Crippen molar-refractivity contribution in [3.63, 3.8) is 0 Å². The molecule has 1 amide bonds. The summed E-state index contributed by atoms with van der Waals surface area (Å²) in [4.78, 5) is 19.8. The van der Waals surface area contributed by atoms with Crippen molar-refractivity contribution < 1.29 is 18.7 Å². The average molecular weight is 497 g/mol. The molecule has 2 aromatic carbocycles. The summed E-state index contributed by atoms with van der Waals surface area (Å²) in [5.41, 5.74) is 7.75. The second-order valence-electron chi connectivity index (χ2n) is 9.88. The number of ether oxygens (including phenoxy) is 2. The Bertz CT molecular complexity index is 1130. The average Bonchev–Trinajstić information content (AvgIpc) is 3.26. The van der Waals surface area contributed by atoms with Gasteiger partial charge in [-0.1, -0.05) is 63.2 Å². The molecular weight excluding hydrogens is 459 g/mol. The quantitative estimate of drug-likeness (QED) is 0.424. The van der Waals surface area contributed by atoms with Crippen molar-refractivity contribution in [1.82, 2.24) is 14.5 Å². The van der Waals surface area contributed by atoms with Crippen LogP contribution in [0.3, 0.4) is 0 Å². The second kappa shape index (κ2) is 12.1. The van der Waals surface area contributed by atoms with Gasteiger partial charge < -0.3 is 24.7 Å². The number of halogens is 1. The molecule has 0 aliphatic rings. The van der Waals surface area contributed by atoms with Crippen LogP contribution in [0.25, 0.3) is 11.3 Å². The van der Waals surface area contributed by atoms with Gasteiger partial charge in [0.05, 0.1) is 25.4 Å². The Morgan fingerprint density at radius 3 is 2.39 bits per heavy atom. The highest BCUT2D eigenvalue weighted by Crippen LogP contribution is 2.40. The number of amides is 1. The molecule has 1 heterocycles. The number of nitrogens with zero attached hydrogens (tertiary/aromatic N) is 3. The van der Waals surface area contributed by atoms with Gasteiger partial charge in [0.25, 0.3) is 0 Å². The molecule has 1 aromatic heterocycles. The standard InChI is InChI=1S/C28H37FN4O3/c1-28(2,3)26(33(17-21(29)15-30)25(34)19-35-4)27-31-23(22-13-9-10-14-24(22)36-5)18-32(27)16-20-11-7-6-8-12-20/h6-14,18,21,26H,15-17,19,30H2,1-5H3/t21?,26-/m0/s1. The van der Waals surface area contributed by atoms with Crippen molar-refractivity contribution in [2.75, 3.05) is 33.9 Å². The molecule has 0 aliphatic heterocycles. The number of benzene rings is 2. The molecule has 2 N–H and O–H groups in total.